The third kappa shape index (κ3) is 2.25. The quantitative estimate of drug-likeness (QED) is 0.652. The summed E-state index contributed by atoms with van der Waals surface area (Å²) in [5.74, 6) is 1.42. The van der Waals surface area contributed by atoms with Crippen molar-refractivity contribution in [3.8, 4) is 11.3 Å². The highest BCUT2D eigenvalue weighted by Gasteiger charge is 2.19. The summed E-state index contributed by atoms with van der Waals surface area (Å²) < 4.78 is 5.70. The Labute approximate surface area is 115 Å². The van der Waals surface area contributed by atoms with E-state index in [0.29, 0.717) is 11.3 Å². The van der Waals surface area contributed by atoms with Gasteiger partial charge in [-0.05, 0) is 24.4 Å². The molecule has 0 spiro atoms. The van der Waals surface area contributed by atoms with E-state index in [0.717, 1.165) is 16.2 Å². The highest BCUT2D eigenvalue weighted by Crippen LogP contribution is 2.29. The molecule has 2 aromatic heterocycles. The van der Waals surface area contributed by atoms with Crippen molar-refractivity contribution in [1.82, 2.24) is 0 Å². The number of thiophene rings is 1. The second-order valence-corrected chi connectivity index (χ2v) is 5.22. The Kier molecular flexibility index (Phi) is 3.05. The van der Waals surface area contributed by atoms with Crippen LogP contribution in [-0.4, -0.2) is 5.78 Å². The van der Waals surface area contributed by atoms with Gasteiger partial charge < -0.3 is 4.42 Å². The molecule has 0 atom stereocenters. The molecule has 0 saturated carbocycles. The predicted molar refractivity (Wildman–Crippen MR) is 76.6 cm³/mol. The summed E-state index contributed by atoms with van der Waals surface area (Å²) >= 11 is 1.45. The molecule has 0 fully saturated rings. The number of hydrogen-bond acceptors (Lipinski definition) is 3. The normalized spacial score (nSPS) is 10.6. The van der Waals surface area contributed by atoms with E-state index in [1.165, 1.54) is 11.3 Å². The van der Waals surface area contributed by atoms with Crippen LogP contribution in [0.4, 0.5) is 0 Å². The van der Waals surface area contributed by atoms with Crippen LogP contribution in [0.2, 0.25) is 0 Å². The average molecular weight is 268 g/mol. The largest absolute Gasteiger partial charge is 0.461 e. The maximum atomic E-state index is 12.5. The van der Waals surface area contributed by atoms with Crippen LogP contribution >= 0.6 is 11.3 Å². The first-order chi connectivity index (χ1) is 9.25. The van der Waals surface area contributed by atoms with Gasteiger partial charge in [-0.1, -0.05) is 36.4 Å². The minimum atomic E-state index is 0.0192. The number of benzene rings is 1. The summed E-state index contributed by atoms with van der Waals surface area (Å²) in [6, 6.07) is 15.2. The zero-order valence-corrected chi connectivity index (χ0v) is 11.2. The molecule has 19 heavy (non-hydrogen) atoms. The van der Waals surface area contributed by atoms with Crippen LogP contribution in [-0.2, 0) is 0 Å². The van der Waals surface area contributed by atoms with Crippen molar-refractivity contribution < 1.29 is 9.21 Å². The van der Waals surface area contributed by atoms with E-state index >= 15 is 0 Å². The highest BCUT2D eigenvalue weighted by molar-refractivity contribution is 7.12. The van der Waals surface area contributed by atoms with Gasteiger partial charge in [-0.15, -0.1) is 11.3 Å². The number of rotatable bonds is 3. The van der Waals surface area contributed by atoms with Crippen molar-refractivity contribution >= 4 is 17.1 Å². The van der Waals surface area contributed by atoms with Gasteiger partial charge in [-0.2, -0.15) is 0 Å². The Hall–Kier alpha value is -2.13. The number of ketones is 1. The number of hydrogen-bond donors (Lipinski definition) is 0. The van der Waals surface area contributed by atoms with Crippen molar-refractivity contribution in [2.45, 2.75) is 6.92 Å². The van der Waals surface area contributed by atoms with Crippen LogP contribution in [0.15, 0.2) is 58.3 Å². The number of furan rings is 1. The van der Waals surface area contributed by atoms with Crippen molar-refractivity contribution in [3.05, 3.63) is 70.1 Å². The first-order valence-corrected chi connectivity index (χ1v) is 6.88. The van der Waals surface area contributed by atoms with E-state index < -0.39 is 0 Å². The van der Waals surface area contributed by atoms with Crippen LogP contribution in [0, 0.1) is 6.92 Å². The number of carbonyl (C=O) groups excluding carboxylic acids is 1. The summed E-state index contributed by atoms with van der Waals surface area (Å²) in [5.41, 5.74) is 1.56. The van der Waals surface area contributed by atoms with Crippen molar-refractivity contribution in [2.24, 2.45) is 0 Å². The fourth-order valence-corrected chi connectivity index (χ4v) is 2.71. The molecule has 0 amide bonds. The van der Waals surface area contributed by atoms with E-state index in [4.69, 9.17) is 4.42 Å². The molecule has 0 N–H and O–H groups in total. The lowest BCUT2D eigenvalue weighted by Gasteiger charge is -2.00. The van der Waals surface area contributed by atoms with Crippen LogP contribution in [0.25, 0.3) is 11.3 Å². The van der Waals surface area contributed by atoms with Gasteiger partial charge in [-0.3, -0.25) is 4.79 Å². The monoisotopic (exact) mass is 268 g/mol. The molecule has 0 aliphatic rings. The summed E-state index contributed by atoms with van der Waals surface area (Å²) in [6.45, 7) is 1.86. The SMILES string of the molecule is Cc1cc(C(=O)c2cccs2)c(-c2ccccc2)o1. The van der Waals surface area contributed by atoms with E-state index in [1.807, 2.05) is 60.8 Å². The zero-order chi connectivity index (χ0) is 13.2. The summed E-state index contributed by atoms with van der Waals surface area (Å²) in [4.78, 5) is 13.2. The Morgan fingerprint density at radius 2 is 1.89 bits per heavy atom. The first-order valence-electron chi connectivity index (χ1n) is 6.00. The molecular weight excluding hydrogens is 256 g/mol. The third-order valence-electron chi connectivity index (χ3n) is 2.88. The van der Waals surface area contributed by atoms with Gasteiger partial charge in [0.05, 0.1) is 10.4 Å². The Morgan fingerprint density at radius 1 is 1.11 bits per heavy atom. The van der Waals surface area contributed by atoms with Gasteiger partial charge >= 0.3 is 0 Å². The lowest BCUT2D eigenvalue weighted by molar-refractivity contribution is 0.104. The molecule has 0 aliphatic heterocycles. The van der Waals surface area contributed by atoms with Crippen molar-refractivity contribution in [3.63, 3.8) is 0 Å². The number of carbonyl (C=O) groups is 1. The van der Waals surface area contributed by atoms with Crippen LogP contribution in [0.5, 0.6) is 0 Å². The molecule has 3 rings (SSSR count). The minimum absolute atomic E-state index is 0.0192. The first kappa shape index (κ1) is 11.9. The van der Waals surface area contributed by atoms with Gasteiger partial charge in [0.15, 0.2) is 0 Å². The van der Waals surface area contributed by atoms with Gasteiger partial charge in [0, 0.05) is 5.56 Å². The fraction of sp³-hybridized carbons (Fsp3) is 0.0625. The molecule has 0 saturated heterocycles. The van der Waals surface area contributed by atoms with Crippen molar-refractivity contribution in [2.75, 3.05) is 0 Å². The van der Waals surface area contributed by atoms with Gasteiger partial charge in [0.1, 0.15) is 11.5 Å². The zero-order valence-electron chi connectivity index (χ0n) is 10.4. The topological polar surface area (TPSA) is 30.2 Å². The Balaban J connectivity index is 2.10. The maximum absolute atomic E-state index is 12.5. The second-order valence-electron chi connectivity index (χ2n) is 4.27. The minimum Gasteiger partial charge on any atom is -0.461 e. The molecule has 3 aromatic rings. The Bertz CT molecular complexity index is 694. The van der Waals surface area contributed by atoms with E-state index in [9.17, 15) is 4.79 Å². The highest BCUT2D eigenvalue weighted by atomic mass is 32.1. The molecule has 2 nitrogen and oxygen atoms in total. The molecule has 2 heterocycles. The van der Waals surface area contributed by atoms with Crippen molar-refractivity contribution in [1.29, 1.82) is 0 Å². The molecule has 0 radical (unpaired) electrons. The summed E-state index contributed by atoms with van der Waals surface area (Å²) in [7, 11) is 0. The molecule has 94 valence electrons. The van der Waals surface area contributed by atoms with Crippen LogP contribution in [0.1, 0.15) is 21.0 Å². The third-order valence-corrected chi connectivity index (χ3v) is 3.75. The Morgan fingerprint density at radius 3 is 2.58 bits per heavy atom. The molecule has 0 aliphatic carbocycles. The predicted octanol–water partition coefficient (Wildman–Crippen LogP) is 4.55. The summed E-state index contributed by atoms with van der Waals surface area (Å²) in [5, 5.41) is 1.91. The standard InChI is InChI=1S/C16H12O2S/c1-11-10-13(15(17)14-8-5-9-19-14)16(18-11)12-6-3-2-4-7-12/h2-10H,1H3. The molecule has 3 heteroatoms. The smallest absolute Gasteiger partial charge is 0.206 e. The van der Waals surface area contributed by atoms with Gasteiger partial charge in [0.25, 0.3) is 0 Å². The summed E-state index contributed by atoms with van der Waals surface area (Å²) in [6.07, 6.45) is 0. The lowest BCUT2D eigenvalue weighted by Crippen LogP contribution is -1.98. The van der Waals surface area contributed by atoms with Crippen LogP contribution in [0.3, 0.4) is 0 Å². The molecule has 0 bridgehead atoms. The molecule has 0 unspecified atom stereocenters. The molecule has 1 aromatic carbocycles. The number of aryl methyl sites for hydroxylation is 1. The molecular formula is C16H12O2S. The van der Waals surface area contributed by atoms with Crippen LogP contribution < -0.4 is 0 Å². The maximum Gasteiger partial charge on any atom is 0.206 e. The average Bonchev–Trinajstić information content (AvgIpc) is 3.08. The lowest BCUT2D eigenvalue weighted by atomic mass is 10.0. The fourth-order valence-electron chi connectivity index (χ4n) is 2.03. The van der Waals surface area contributed by atoms with Gasteiger partial charge in [-0.25, -0.2) is 0 Å². The second kappa shape index (κ2) is 4.86. The van der Waals surface area contributed by atoms with Gasteiger partial charge in [0.2, 0.25) is 5.78 Å². The van der Waals surface area contributed by atoms with E-state index in [1.54, 1.807) is 0 Å². The van der Waals surface area contributed by atoms with E-state index in [2.05, 4.69) is 0 Å². The van der Waals surface area contributed by atoms with E-state index in [-0.39, 0.29) is 5.78 Å².